The van der Waals surface area contributed by atoms with Crippen LogP contribution in [0.1, 0.15) is 12.0 Å². The highest BCUT2D eigenvalue weighted by Gasteiger charge is 2.10. The highest BCUT2D eigenvalue weighted by molar-refractivity contribution is 6.30. The minimum absolute atomic E-state index is 0.0346. The van der Waals surface area contributed by atoms with Crippen LogP contribution >= 0.6 is 11.6 Å². The molecule has 0 unspecified atom stereocenters. The van der Waals surface area contributed by atoms with Gasteiger partial charge in [-0.25, -0.2) is 8.78 Å². The first-order chi connectivity index (χ1) is 6.16. The Morgan fingerprint density at radius 1 is 1.38 bits per heavy atom. The van der Waals surface area contributed by atoms with E-state index < -0.39 is 11.6 Å². The third-order valence-electron chi connectivity index (χ3n) is 1.74. The smallest absolute Gasteiger partial charge is 0.147 e. The van der Waals surface area contributed by atoms with Gasteiger partial charge in [-0.15, -0.1) is 6.58 Å². The lowest BCUT2D eigenvalue weighted by Gasteiger charge is -2.03. The van der Waals surface area contributed by atoms with E-state index in [-0.39, 0.29) is 10.6 Å². The number of benzene rings is 1. The van der Waals surface area contributed by atoms with Crippen LogP contribution in [0.5, 0.6) is 0 Å². The van der Waals surface area contributed by atoms with Gasteiger partial charge in [-0.2, -0.15) is 0 Å². The van der Waals surface area contributed by atoms with Crippen LogP contribution in [0.15, 0.2) is 24.8 Å². The molecule has 0 nitrogen and oxygen atoms in total. The Bertz CT molecular complexity index is 321. The van der Waals surface area contributed by atoms with Gasteiger partial charge in [0.05, 0.1) is 5.02 Å². The zero-order valence-electron chi connectivity index (χ0n) is 6.99. The maximum Gasteiger partial charge on any atom is 0.147 e. The fraction of sp³-hybridized carbons (Fsp3) is 0.200. The van der Waals surface area contributed by atoms with E-state index in [0.717, 1.165) is 0 Å². The van der Waals surface area contributed by atoms with Crippen molar-refractivity contribution in [2.45, 2.75) is 12.8 Å². The molecule has 0 atom stereocenters. The Labute approximate surface area is 80.8 Å². The molecule has 0 bridgehead atoms. The van der Waals surface area contributed by atoms with E-state index in [1.807, 2.05) is 0 Å². The van der Waals surface area contributed by atoms with Gasteiger partial charge in [0, 0.05) is 5.56 Å². The van der Waals surface area contributed by atoms with Crippen molar-refractivity contribution in [1.29, 1.82) is 0 Å². The van der Waals surface area contributed by atoms with Crippen LogP contribution in [0.4, 0.5) is 8.78 Å². The van der Waals surface area contributed by atoms with E-state index in [1.165, 1.54) is 12.1 Å². The molecule has 13 heavy (non-hydrogen) atoms. The highest BCUT2D eigenvalue weighted by Crippen LogP contribution is 2.22. The van der Waals surface area contributed by atoms with Crippen molar-refractivity contribution in [2.75, 3.05) is 0 Å². The molecule has 0 aliphatic carbocycles. The first-order valence-corrected chi connectivity index (χ1v) is 4.28. The van der Waals surface area contributed by atoms with Gasteiger partial charge < -0.3 is 0 Å². The first kappa shape index (κ1) is 10.2. The molecular weight excluding hydrogens is 194 g/mol. The molecule has 0 N–H and O–H groups in total. The molecule has 0 aliphatic heterocycles. The molecular formula is C10H9ClF2. The Morgan fingerprint density at radius 2 is 2.08 bits per heavy atom. The van der Waals surface area contributed by atoms with Crippen molar-refractivity contribution in [3.63, 3.8) is 0 Å². The molecule has 70 valence electrons. The molecule has 0 saturated heterocycles. The van der Waals surface area contributed by atoms with Gasteiger partial charge in [0.25, 0.3) is 0 Å². The lowest BCUT2D eigenvalue weighted by Crippen LogP contribution is -1.95. The molecule has 0 fully saturated rings. The summed E-state index contributed by atoms with van der Waals surface area (Å²) in [6, 6.07) is 2.38. The second-order valence-electron chi connectivity index (χ2n) is 2.65. The highest BCUT2D eigenvalue weighted by atomic mass is 35.5. The molecule has 0 saturated carbocycles. The summed E-state index contributed by atoms with van der Waals surface area (Å²) in [5, 5.41) is -0.0412. The average molecular weight is 203 g/mol. The topological polar surface area (TPSA) is 0 Å². The van der Waals surface area contributed by atoms with Gasteiger partial charge >= 0.3 is 0 Å². The molecule has 0 aliphatic rings. The van der Waals surface area contributed by atoms with E-state index in [2.05, 4.69) is 6.58 Å². The van der Waals surface area contributed by atoms with Gasteiger partial charge in [-0.3, -0.25) is 0 Å². The predicted molar refractivity (Wildman–Crippen MR) is 49.9 cm³/mol. The molecule has 1 rings (SSSR count). The van der Waals surface area contributed by atoms with Gasteiger partial charge in [-0.05, 0) is 25.0 Å². The summed E-state index contributed by atoms with van der Waals surface area (Å²) in [5.74, 6) is -1.22. The maximum atomic E-state index is 13.2. The van der Waals surface area contributed by atoms with Crippen LogP contribution < -0.4 is 0 Å². The molecule has 1 aromatic carbocycles. The molecule has 3 heteroatoms. The predicted octanol–water partition coefficient (Wildman–Crippen LogP) is 3.74. The van der Waals surface area contributed by atoms with Crippen LogP contribution in [-0.2, 0) is 6.42 Å². The summed E-state index contributed by atoms with van der Waals surface area (Å²) in [6.45, 7) is 3.48. The Morgan fingerprint density at radius 3 is 2.69 bits per heavy atom. The monoisotopic (exact) mass is 202 g/mol. The molecule has 0 amide bonds. The second-order valence-corrected chi connectivity index (χ2v) is 3.06. The van der Waals surface area contributed by atoms with Crippen molar-refractivity contribution in [3.05, 3.63) is 47.0 Å². The standard InChI is InChI=1S/C10H9ClF2/c1-2-3-4-7-9(12)6-5-8(11)10(7)13/h2,5-6H,1,3-4H2. The van der Waals surface area contributed by atoms with E-state index in [4.69, 9.17) is 11.6 Å². The normalized spacial score (nSPS) is 10.1. The molecule has 0 aromatic heterocycles. The maximum absolute atomic E-state index is 13.2. The Hall–Kier alpha value is -0.890. The zero-order valence-corrected chi connectivity index (χ0v) is 7.74. The largest absolute Gasteiger partial charge is 0.207 e. The summed E-state index contributed by atoms with van der Waals surface area (Å²) >= 11 is 5.50. The number of allylic oxidation sites excluding steroid dienone is 1. The van der Waals surface area contributed by atoms with E-state index in [0.29, 0.717) is 12.8 Å². The van der Waals surface area contributed by atoms with Gasteiger partial charge in [0.1, 0.15) is 11.6 Å². The Kier molecular flexibility index (Phi) is 3.43. The van der Waals surface area contributed by atoms with Crippen molar-refractivity contribution < 1.29 is 8.78 Å². The quantitative estimate of drug-likeness (QED) is 0.518. The molecule has 0 spiro atoms. The second kappa shape index (κ2) is 4.38. The fourth-order valence-electron chi connectivity index (χ4n) is 1.04. The lowest BCUT2D eigenvalue weighted by atomic mass is 10.1. The Balaban J connectivity index is 3.02. The molecule has 0 radical (unpaired) electrons. The average Bonchev–Trinajstić information content (AvgIpc) is 2.12. The lowest BCUT2D eigenvalue weighted by molar-refractivity contribution is 0.556. The van der Waals surface area contributed by atoms with Gasteiger partial charge in [0.15, 0.2) is 0 Å². The van der Waals surface area contributed by atoms with Crippen LogP contribution in [0.3, 0.4) is 0 Å². The SMILES string of the molecule is C=CCCc1c(F)ccc(Cl)c1F. The van der Waals surface area contributed by atoms with E-state index >= 15 is 0 Å². The van der Waals surface area contributed by atoms with Crippen molar-refractivity contribution in [2.24, 2.45) is 0 Å². The van der Waals surface area contributed by atoms with Crippen LogP contribution in [-0.4, -0.2) is 0 Å². The summed E-state index contributed by atoms with van der Waals surface area (Å²) in [6.07, 6.45) is 2.44. The van der Waals surface area contributed by atoms with Crippen LogP contribution in [0, 0.1) is 11.6 Å². The summed E-state index contributed by atoms with van der Waals surface area (Å²) in [4.78, 5) is 0. The molecule has 0 heterocycles. The van der Waals surface area contributed by atoms with Gasteiger partial charge in [0.2, 0.25) is 0 Å². The third-order valence-corrected chi connectivity index (χ3v) is 2.03. The minimum atomic E-state index is -0.663. The number of rotatable bonds is 3. The zero-order chi connectivity index (χ0) is 9.84. The molecule has 1 aromatic rings. The van der Waals surface area contributed by atoms with Gasteiger partial charge in [-0.1, -0.05) is 17.7 Å². The fourth-order valence-corrected chi connectivity index (χ4v) is 1.22. The van der Waals surface area contributed by atoms with E-state index in [1.54, 1.807) is 6.08 Å². The third kappa shape index (κ3) is 2.28. The van der Waals surface area contributed by atoms with Crippen molar-refractivity contribution in [3.8, 4) is 0 Å². The van der Waals surface area contributed by atoms with Crippen LogP contribution in [0.2, 0.25) is 5.02 Å². The summed E-state index contributed by atoms with van der Waals surface area (Å²) < 4.78 is 26.2. The van der Waals surface area contributed by atoms with Crippen LogP contribution in [0.25, 0.3) is 0 Å². The minimum Gasteiger partial charge on any atom is -0.207 e. The number of halogens is 3. The summed E-state index contributed by atoms with van der Waals surface area (Å²) in [5.41, 5.74) is 0.0346. The van der Waals surface area contributed by atoms with Crippen molar-refractivity contribution in [1.82, 2.24) is 0 Å². The first-order valence-electron chi connectivity index (χ1n) is 3.90. The number of hydrogen-bond acceptors (Lipinski definition) is 0. The summed E-state index contributed by atoms with van der Waals surface area (Å²) in [7, 11) is 0. The van der Waals surface area contributed by atoms with E-state index in [9.17, 15) is 8.78 Å². The van der Waals surface area contributed by atoms with Crippen molar-refractivity contribution >= 4 is 11.6 Å². The number of hydrogen-bond donors (Lipinski definition) is 0.